The van der Waals surface area contributed by atoms with Crippen molar-refractivity contribution in [3.8, 4) is 0 Å². The number of benzene rings is 1. The van der Waals surface area contributed by atoms with Crippen LogP contribution < -0.4 is 5.73 Å². The van der Waals surface area contributed by atoms with Crippen LogP contribution in [0.25, 0.3) is 11.0 Å². The molecule has 1 unspecified atom stereocenters. The third-order valence-electron chi connectivity index (χ3n) is 3.35. The van der Waals surface area contributed by atoms with Gasteiger partial charge < -0.3 is 10.2 Å². The highest BCUT2D eigenvalue weighted by atomic mass is 16.3. The molecular weight excluding hydrogens is 198 g/mol. The third kappa shape index (κ3) is 1.85. The highest BCUT2D eigenvalue weighted by molar-refractivity contribution is 5.80. The van der Waals surface area contributed by atoms with Gasteiger partial charge in [-0.25, -0.2) is 0 Å². The van der Waals surface area contributed by atoms with Crippen LogP contribution in [0, 0.1) is 12.8 Å². The second-order valence-electron chi connectivity index (χ2n) is 4.55. The predicted octanol–water partition coefficient (Wildman–Crippen LogP) is 3.79. The minimum Gasteiger partial charge on any atom is -0.459 e. The Kier molecular flexibility index (Phi) is 3.01. The SMILES string of the molecule is CCC(C)[C@@H](N)c1cc2cccc(C)c2o1. The summed E-state index contributed by atoms with van der Waals surface area (Å²) in [4.78, 5) is 0. The molecule has 2 N–H and O–H groups in total. The van der Waals surface area contributed by atoms with Crippen LogP contribution in [0.15, 0.2) is 28.7 Å². The Morgan fingerprint density at radius 2 is 2.12 bits per heavy atom. The molecule has 2 aromatic rings. The Morgan fingerprint density at radius 3 is 2.75 bits per heavy atom. The molecule has 0 radical (unpaired) electrons. The van der Waals surface area contributed by atoms with Gasteiger partial charge in [0.2, 0.25) is 0 Å². The molecule has 0 amide bonds. The summed E-state index contributed by atoms with van der Waals surface area (Å²) in [5, 5.41) is 1.15. The van der Waals surface area contributed by atoms with E-state index >= 15 is 0 Å². The molecule has 16 heavy (non-hydrogen) atoms. The van der Waals surface area contributed by atoms with Crippen molar-refractivity contribution in [2.75, 3.05) is 0 Å². The maximum absolute atomic E-state index is 6.17. The van der Waals surface area contributed by atoms with Crippen molar-refractivity contribution >= 4 is 11.0 Å². The fraction of sp³-hybridized carbons (Fsp3) is 0.429. The summed E-state index contributed by atoms with van der Waals surface area (Å²) in [7, 11) is 0. The van der Waals surface area contributed by atoms with E-state index in [1.54, 1.807) is 0 Å². The van der Waals surface area contributed by atoms with Gasteiger partial charge in [-0.05, 0) is 24.5 Å². The molecule has 2 atom stereocenters. The molecule has 0 spiro atoms. The quantitative estimate of drug-likeness (QED) is 0.849. The lowest BCUT2D eigenvalue weighted by Crippen LogP contribution is -2.17. The Bertz CT molecular complexity index is 486. The fourth-order valence-corrected chi connectivity index (χ4v) is 1.93. The van der Waals surface area contributed by atoms with Crippen molar-refractivity contribution in [3.05, 3.63) is 35.6 Å². The Hall–Kier alpha value is -1.28. The fourth-order valence-electron chi connectivity index (χ4n) is 1.93. The van der Waals surface area contributed by atoms with Crippen molar-refractivity contribution in [1.82, 2.24) is 0 Å². The van der Waals surface area contributed by atoms with Gasteiger partial charge >= 0.3 is 0 Å². The van der Waals surface area contributed by atoms with Crippen LogP contribution in [0.2, 0.25) is 0 Å². The molecule has 2 heteroatoms. The number of hydrogen-bond acceptors (Lipinski definition) is 2. The van der Waals surface area contributed by atoms with E-state index in [1.165, 1.54) is 5.56 Å². The summed E-state index contributed by atoms with van der Waals surface area (Å²) in [5.74, 6) is 1.35. The van der Waals surface area contributed by atoms with Crippen molar-refractivity contribution in [1.29, 1.82) is 0 Å². The van der Waals surface area contributed by atoms with Gasteiger partial charge in [-0.15, -0.1) is 0 Å². The summed E-state index contributed by atoms with van der Waals surface area (Å²) in [6.45, 7) is 6.37. The van der Waals surface area contributed by atoms with Gasteiger partial charge in [-0.3, -0.25) is 0 Å². The summed E-state index contributed by atoms with van der Waals surface area (Å²) in [6.07, 6.45) is 1.07. The van der Waals surface area contributed by atoms with Crippen molar-refractivity contribution in [2.45, 2.75) is 33.2 Å². The molecule has 2 nitrogen and oxygen atoms in total. The molecule has 0 bridgehead atoms. The molecule has 86 valence electrons. The lowest BCUT2D eigenvalue weighted by molar-refractivity contribution is 0.388. The van der Waals surface area contributed by atoms with Gasteiger partial charge in [-0.1, -0.05) is 38.5 Å². The first kappa shape index (κ1) is 11.2. The number of rotatable bonds is 3. The van der Waals surface area contributed by atoms with Crippen LogP contribution in [0.3, 0.4) is 0 Å². The molecule has 0 saturated carbocycles. The minimum atomic E-state index is -0.00296. The first-order valence-electron chi connectivity index (χ1n) is 5.88. The Balaban J connectivity index is 2.43. The zero-order chi connectivity index (χ0) is 11.7. The van der Waals surface area contributed by atoms with Gasteiger partial charge in [0.25, 0.3) is 0 Å². The predicted molar refractivity (Wildman–Crippen MR) is 67.3 cm³/mol. The summed E-state index contributed by atoms with van der Waals surface area (Å²) in [6, 6.07) is 8.24. The van der Waals surface area contributed by atoms with Crippen LogP contribution >= 0.6 is 0 Å². The number of furan rings is 1. The number of nitrogens with two attached hydrogens (primary N) is 1. The zero-order valence-electron chi connectivity index (χ0n) is 10.2. The van der Waals surface area contributed by atoms with E-state index < -0.39 is 0 Å². The van der Waals surface area contributed by atoms with Crippen LogP contribution in [-0.2, 0) is 0 Å². The lowest BCUT2D eigenvalue weighted by atomic mass is 9.98. The lowest BCUT2D eigenvalue weighted by Gasteiger charge is -2.15. The molecule has 0 fully saturated rings. The molecule has 0 saturated heterocycles. The number of para-hydroxylation sites is 1. The van der Waals surface area contributed by atoms with Crippen LogP contribution in [0.1, 0.15) is 37.6 Å². The van der Waals surface area contributed by atoms with Crippen LogP contribution in [0.4, 0.5) is 0 Å². The summed E-state index contributed by atoms with van der Waals surface area (Å²) >= 11 is 0. The van der Waals surface area contributed by atoms with E-state index in [4.69, 9.17) is 10.2 Å². The second-order valence-corrected chi connectivity index (χ2v) is 4.55. The van der Waals surface area contributed by atoms with Gasteiger partial charge in [0.05, 0.1) is 6.04 Å². The topological polar surface area (TPSA) is 39.2 Å². The third-order valence-corrected chi connectivity index (χ3v) is 3.35. The smallest absolute Gasteiger partial charge is 0.137 e. The van der Waals surface area contributed by atoms with Crippen molar-refractivity contribution in [3.63, 3.8) is 0 Å². The van der Waals surface area contributed by atoms with E-state index in [-0.39, 0.29) is 6.04 Å². The highest BCUT2D eigenvalue weighted by Gasteiger charge is 2.17. The first-order chi connectivity index (χ1) is 7.63. The van der Waals surface area contributed by atoms with Crippen LogP contribution in [0.5, 0.6) is 0 Å². The number of hydrogen-bond donors (Lipinski definition) is 1. The Labute approximate surface area is 96.4 Å². The molecule has 0 aliphatic rings. The van der Waals surface area contributed by atoms with Crippen LogP contribution in [-0.4, -0.2) is 0 Å². The van der Waals surface area contributed by atoms with Crippen molar-refractivity contribution < 1.29 is 4.42 Å². The molecule has 2 rings (SSSR count). The molecule has 1 aromatic carbocycles. The molecule has 0 aliphatic carbocycles. The van der Waals surface area contributed by atoms with E-state index in [9.17, 15) is 0 Å². The highest BCUT2D eigenvalue weighted by Crippen LogP contribution is 2.29. The van der Waals surface area contributed by atoms with E-state index in [2.05, 4.69) is 39.0 Å². The van der Waals surface area contributed by atoms with Gasteiger partial charge in [0.1, 0.15) is 11.3 Å². The van der Waals surface area contributed by atoms with Crippen molar-refractivity contribution in [2.24, 2.45) is 11.7 Å². The standard InChI is InChI=1S/C14H19NO/c1-4-9(2)13(15)12-8-11-7-5-6-10(3)14(11)16-12/h5-9,13H,4,15H2,1-3H3/t9?,13-/m1/s1. The van der Waals surface area contributed by atoms with E-state index in [0.717, 1.165) is 23.2 Å². The average Bonchev–Trinajstić information content (AvgIpc) is 2.72. The summed E-state index contributed by atoms with van der Waals surface area (Å²) in [5.41, 5.74) is 8.30. The minimum absolute atomic E-state index is 0.00296. The molecule has 1 aromatic heterocycles. The maximum atomic E-state index is 6.17. The second kappa shape index (κ2) is 4.30. The first-order valence-corrected chi connectivity index (χ1v) is 5.88. The maximum Gasteiger partial charge on any atom is 0.137 e. The monoisotopic (exact) mass is 217 g/mol. The zero-order valence-corrected chi connectivity index (χ0v) is 10.2. The normalized spacial score (nSPS) is 15.2. The number of aryl methyl sites for hydroxylation is 1. The largest absolute Gasteiger partial charge is 0.459 e. The molecule has 1 heterocycles. The van der Waals surface area contributed by atoms with Gasteiger partial charge in [0, 0.05) is 5.39 Å². The summed E-state index contributed by atoms with van der Waals surface area (Å²) < 4.78 is 5.86. The average molecular weight is 217 g/mol. The molecule has 0 aliphatic heterocycles. The van der Waals surface area contributed by atoms with Gasteiger partial charge in [-0.2, -0.15) is 0 Å². The van der Waals surface area contributed by atoms with E-state index in [1.807, 2.05) is 6.07 Å². The van der Waals surface area contributed by atoms with Gasteiger partial charge in [0.15, 0.2) is 0 Å². The number of fused-ring (bicyclic) bond motifs is 1. The van der Waals surface area contributed by atoms with E-state index in [0.29, 0.717) is 5.92 Å². The Morgan fingerprint density at radius 1 is 1.38 bits per heavy atom. The molecular formula is C14H19NO.